The quantitative estimate of drug-likeness (QED) is 0.470. The Kier molecular flexibility index (Phi) is 5.55. The van der Waals surface area contributed by atoms with Crippen LogP contribution in [0.4, 0.5) is 8.78 Å². The van der Waals surface area contributed by atoms with Gasteiger partial charge in [-0.1, -0.05) is 6.92 Å². The van der Waals surface area contributed by atoms with Crippen LogP contribution < -0.4 is 10.3 Å². The molecule has 4 aromatic rings. The number of aryl methyl sites for hydroxylation is 1. The predicted molar refractivity (Wildman–Crippen MR) is 116 cm³/mol. The van der Waals surface area contributed by atoms with Crippen LogP contribution in [0.5, 0.6) is 11.6 Å². The van der Waals surface area contributed by atoms with E-state index >= 15 is 0 Å². The number of sulfone groups is 1. The van der Waals surface area contributed by atoms with Gasteiger partial charge in [0.05, 0.1) is 16.7 Å². The molecule has 0 spiro atoms. The van der Waals surface area contributed by atoms with Crippen LogP contribution in [-0.4, -0.2) is 28.7 Å². The van der Waals surface area contributed by atoms with Crippen LogP contribution in [0, 0.1) is 18.6 Å². The van der Waals surface area contributed by atoms with Gasteiger partial charge in [-0.2, -0.15) is 0 Å². The first-order valence-electron chi connectivity index (χ1n) is 9.70. The molecule has 0 bridgehead atoms. The van der Waals surface area contributed by atoms with Crippen LogP contribution >= 0.6 is 0 Å². The summed E-state index contributed by atoms with van der Waals surface area (Å²) >= 11 is 0. The van der Waals surface area contributed by atoms with E-state index in [0.717, 1.165) is 12.1 Å². The third-order valence-electron chi connectivity index (χ3n) is 4.99. The fraction of sp³-hybridized carbons (Fsp3) is 0.182. The third-order valence-corrected chi connectivity index (χ3v) is 6.64. The molecule has 3 heterocycles. The van der Waals surface area contributed by atoms with Crippen LogP contribution in [0.3, 0.4) is 0 Å². The maximum Gasteiger partial charge on any atom is 0.257 e. The van der Waals surface area contributed by atoms with Gasteiger partial charge in [0.25, 0.3) is 5.56 Å². The summed E-state index contributed by atoms with van der Waals surface area (Å²) in [7, 11) is -3.35. The number of aromatic amines is 1. The first-order valence-corrected chi connectivity index (χ1v) is 11.5. The second kappa shape index (κ2) is 8.19. The minimum Gasteiger partial charge on any atom is -0.434 e. The molecule has 0 aliphatic heterocycles. The van der Waals surface area contributed by atoms with Gasteiger partial charge in [-0.15, -0.1) is 0 Å². The Morgan fingerprint density at radius 3 is 2.69 bits per heavy atom. The molecule has 166 valence electrons. The van der Waals surface area contributed by atoms with Crippen molar-refractivity contribution >= 4 is 20.7 Å². The number of ether oxygens (including phenoxy) is 1. The zero-order chi connectivity index (χ0) is 23.0. The van der Waals surface area contributed by atoms with Gasteiger partial charge >= 0.3 is 0 Å². The summed E-state index contributed by atoms with van der Waals surface area (Å²) in [5.41, 5.74) is 1.63. The van der Waals surface area contributed by atoms with Crippen molar-refractivity contribution in [3.63, 3.8) is 0 Å². The first kappa shape index (κ1) is 21.7. The Morgan fingerprint density at radius 2 is 1.97 bits per heavy atom. The Labute approximate surface area is 182 Å². The van der Waals surface area contributed by atoms with Gasteiger partial charge in [-0.3, -0.25) is 4.79 Å². The van der Waals surface area contributed by atoms with E-state index in [2.05, 4.69) is 9.97 Å². The third kappa shape index (κ3) is 4.13. The molecule has 0 aliphatic rings. The lowest BCUT2D eigenvalue weighted by Gasteiger charge is -2.14. The highest BCUT2D eigenvalue weighted by Crippen LogP contribution is 2.32. The van der Waals surface area contributed by atoms with E-state index in [1.54, 1.807) is 36.7 Å². The molecule has 0 saturated carbocycles. The SMILES string of the molecule is CCS(=O)(=O)Cc1cnc(Oc2ccc(F)cc2F)c(-n2cc(C)c3c(=O)[nH]ccc32)c1. The van der Waals surface area contributed by atoms with Gasteiger partial charge < -0.3 is 14.3 Å². The van der Waals surface area contributed by atoms with Crippen molar-refractivity contribution in [2.45, 2.75) is 19.6 Å². The Hall–Kier alpha value is -3.53. The molecule has 0 amide bonds. The van der Waals surface area contributed by atoms with E-state index < -0.39 is 21.5 Å². The molecule has 0 unspecified atom stereocenters. The van der Waals surface area contributed by atoms with Gasteiger partial charge in [-0.05, 0) is 42.3 Å². The highest BCUT2D eigenvalue weighted by Gasteiger charge is 2.19. The van der Waals surface area contributed by atoms with Crippen molar-refractivity contribution in [2.75, 3.05) is 5.75 Å². The van der Waals surface area contributed by atoms with Crippen molar-refractivity contribution in [1.29, 1.82) is 0 Å². The molecule has 7 nitrogen and oxygen atoms in total. The van der Waals surface area contributed by atoms with Crippen LogP contribution in [0.15, 0.2) is 53.7 Å². The number of H-pyrrole nitrogens is 1. The number of benzene rings is 1. The second-order valence-corrected chi connectivity index (χ2v) is 9.62. The minimum atomic E-state index is -3.35. The maximum atomic E-state index is 14.2. The number of pyridine rings is 2. The van der Waals surface area contributed by atoms with Gasteiger partial charge in [0.1, 0.15) is 11.5 Å². The standard InChI is InChI=1S/C22H19F2N3O4S/c1-3-32(29,30)12-14-8-18(27-11-13(2)20-17(27)6-7-25-21(20)28)22(26-10-14)31-19-5-4-15(23)9-16(19)24/h4-11H,3,12H2,1-2H3,(H,25,28). The molecule has 1 N–H and O–H groups in total. The molecule has 4 rings (SSSR count). The first-order chi connectivity index (χ1) is 15.2. The monoisotopic (exact) mass is 459 g/mol. The summed E-state index contributed by atoms with van der Waals surface area (Å²) in [6, 6.07) is 6.12. The average molecular weight is 459 g/mol. The fourth-order valence-corrected chi connectivity index (χ4v) is 4.28. The highest BCUT2D eigenvalue weighted by atomic mass is 32.2. The molecule has 0 fully saturated rings. The molecule has 3 aromatic heterocycles. The van der Waals surface area contributed by atoms with E-state index in [1.165, 1.54) is 12.4 Å². The van der Waals surface area contributed by atoms with Crippen LogP contribution in [-0.2, 0) is 15.6 Å². The number of halogens is 2. The molecule has 32 heavy (non-hydrogen) atoms. The maximum absolute atomic E-state index is 14.2. The number of fused-ring (bicyclic) bond motifs is 1. The summed E-state index contributed by atoms with van der Waals surface area (Å²) in [5, 5.41) is 0.443. The second-order valence-electron chi connectivity index (χ2n) is 7.27. The zero-order valence-corrected chi connectivity index (χ0v) is 18.0. The fourth-order valence-electron chi connectivity index (χ4n) is 3.41. The lowest BCUT2D eigenvalue weighted by Crippen LogP contribution is -2.09. The van der Waals surface area contributed by atoms with E-state index in [0.29, 0.717) is 33.8 Å². The highest BCUT2D eigenvalue weighted by molar-refractivity contribution is 7.90. The molecular weight excluding hydrogens is 440 g/mol. The van der Waals surface area contributed by atoms with Gasteiger partial charge in [-0.25, -0.2) is 22.2 Å². The Balaban J connectivity index is 1.91. The minimum absolute atomic E-state index is 0.0367. The van der Waals surface area contributed by atoms with E-state index in [-0.39, 0.29) is 28.7 Å². The summed E-state index contributed by atoms with van der Waals surface area (Å²) in [4.78, 5) is 19.1. The van der Waals surface area contributed by atoms with Crippen molar-refractivity contribution in [2.24, 2.45) is 0 Å². The number of rotatable bonds is 6. The number of aromatic nitrogens is 3. The molecule has 1 aromatic carbocycles. The van der Waals surface area contributed by atoms with E-state index in [4.69, 9.17) is 4.74 Å². The number of nitrogens with zero attached hydrogens (tertiary/aromatic N) is 2. The van der Waals surface area contributed by atoms with E-state index in [1.807, 2.05) is 0 Å². The Bertz CT molecular complexity index is 1490. The summed E-state index contributed by atoms with van der Waals surface area (Å²) < 4.78 is 59.0. The number of hydrogen-bond donors (Lipinski definition) is 1. The number of hydrogen-bond acceptors (Lipinski definition) is 5. The largest absolute Gasteiger partial charge is 0.434 e. The molecule has 0 saturated heterocycles. The summed E-state index contributed by atoms with van der Waals surface area (Å²) in [6.07, 6.45) is 4.50. The van der Waals surface area contributed by atoms with Crippen molar-refractivity contribution in [1.82, 2.24) is 14.5 Å². The average Bonchev–Trinajstić information content (AvgIpc) is 3.08. The van der Waals surface area contributed by atoms with Crippen molar-refractivity contribution < 1.29 is 21.9 Å². The molecule has 0 aliphatic carbocycles. The molecule has 0 radical (unpaired) electrons. The van der Waals surface area contributed by atoms with Gasteiger partial charge in [0, 0.05) is 30.4 Å². The van der Waals surface area contributed by atoms with Gasteiger partial charge in [0.2, 0.25) is 5.88 Å². The molecule has 0 atom stereocenters. The number of nitrogens with one attached hydrogen (secondary N) is 1. The lowest BCUT2D eigenvalue weighted by molar-refractivity contribution is 0.422. The van der Waals surface area contributed by atoms with Crippen molar-refractivity contribution in [3.8, 4) is 17.3 Å². The topological polar surface area (TPSA) is 94.1 Å². The van der Waals surface area contributed by atoms with Crippen LogP contribution in [0.25, 0.3) is 16.6 Å². The van der Waals surface area contributed by atoms with Crippen LogP contribution in [0.2, 0.25) is 0 Å². The predicted octanol–water partition coefficient (Wildman–Crippen LogP) is 4.03. The van der Waals surface area contributed by atoms with Crippen molar-refractivity contribution in [3.05, 3.63) is 82.0 Å². The van der Waals surface area contributed by atoms with Crippen LogP contribution in [0.1, 0.15) is 18.1 Å². The normalized spacial score (nSPS) is 11.8. The Morgan fingerprint density at radius 1 is 1.19 bits per heavy atom. The lowest BCUT2D eigenvalue weighted by atomic mass is 10.2. The van der Waals surface area contributed by atoms with Gasteiger partial charge in [0.15, 0.2) is 21.4 Å². The zero-order valence-electron chi connectivity index (χ0n) is 17.2. The molecule has 10 heteroatoms. The summed E-state index contributed by atoms with van der Waals surface area (Å²) in [6.45, 7) is 3.31. The molecular formula is C22H19F2N3O4S. The summed E-state index contributed by atoms with van der Waals surface area (Å²) in [5.74, 6) is -2.24. The van der Waals surface area contributed by atoms with E-state index in [9.17, 15) is 22.0 Å². The smallest absolute Gasteiger partial charge is 0.257 e.